The van der Waals surface area contributed by atoms with Crippen LogP contribution in [0.15, 0.2) is 42.5 Å². The molecule has 174 valence electrons. The molecule has 0 amide bonds. The van der Waals surface area contributed by atoms with Crippen molar-refractivity contribution in [3.05, 3.63) is 64.3 Å². The first-order chi connectivity index (χ1) is 15.7. The third-order valence-electron chi connectivity index (χ3n) is 6.69. The maximum absolute atomic E-state index is 13.9. The molecule has 33 heavy (non-hydrogen) atoms. The van der Waals surface area contributed by atoms with Gasteiger partial charge in [0.1, 0.15) is 5.75 Å². The summed E-state index contributed by atoms with van der Waals surface area (Å²) in [6, 6.07) is 12.2. The molecule has 6 heteroatoms. The van der Waals surface area contributed by atoms with Crippen molar-refractivity contribution in [1.29, 1.82) is 0 Å². The van der Waals surface area contributed by atoms with E-state index in [4.69, 9.17) is 16.3 Å². The van der Waals surface area contributed by atoms with Crippen LogP contribution < -0.4 is 0 Å². The molecule has 0 saturated heterocycles. The molecule has 1 aliphatic carbocycles. The fraction of sp³-hybridized carbons (Fsp3) is 0.407. The number of aromatic nitrogens is 1. The average Bonchev–Trinajstić information content (AvgIpc) is 3.06. The molecule has 5 nitrogen and oxygen atoms in total. The van der Waals surface area contributed by atoms with Crippen LogP contribution in [0, 0.1) is 11.3 Å². The van der Waals surface area contributed by atoms with E-state index in [1.54, 1.807) is 43.3 Å². The summed E-state index contributed by atoms with van der Waals surface area (Å²) in [5, 5.41) is 11.6. The van der Waals surface area contributed by atoms with Gasteiger partial charge in [-0.25, -0.2) is 0 Å². The van der Waals surface area contributed by atoms with E-state index < -0.39 is 5.41 Å². The normalized spacial score (nSPS) is 15.3. The number of esters is 1. The summed E-state index contributed by atoms with van der Waals surface area (Å²) in [4.78, 5) is 29.9. The zero-order valence-electron chi connectivity index (χ0n) is 19.3. The Bertz CT molecular complexity index is 1170. The smallest absolute Gasteiger partial charge is 0.311 e. The first kappa shape index (κ1) is 23.4. The van der Waals surface area contributed by atoms with Gasteiger partial charge in [0, 0.05) is 39.7 Å². The van der Waals surface area contributed by atoms with Crippen LogP contribution in [0.4, 0.5) is 0 Å². The standard InChI is InChI=1S/C27H30ClNO4/c1-4-33-26(32)27(2,3)15-22-24(20-13-12-19(30)14-21(20)29-22)23(16-6-5-7-16)25(31)17-8-10-18(28)11-9-17/h8-14,16,23,29-30H,4-7,15H2,1-3H3. The van der Waals surface area contributed by atoms with Crippen LogP contribution in [0.1, 0.15) is 67.6 Å². The van der Waals surface area contributed by atoms with Crippen LogP contribution in [-0.2, 0) is 16.0 Å². The molecule has 1 aromatic heterocycles. The Morgan fingerprint density at radius 3 is 2.48 bits per heavy atom. The van der Waals surface area contributed by atoms with Gasteiger partial charge < -0.3 is 14.8 Å². The van der Waals surface area contributed by atoms with Crippen molar-refractivity contribution in [2.45, 2.75) is 52.4 Å². The summed E-state index contributed by atoms with van der Waals surface area (Å²) >= 11 is 6.06. The van der Waals surface area contributed by atoms with Gasteiger partial charge in [0.2, 0.25) is 0 Å². The van der Waals surface area contributed by atoms with Crippen molar-refractivity contribution >= 4 is 34.3 Å². The Labute approximate surface area is 199 Å². The van der Waals surface area contributed by atoms with Crippen LogP contribution in [0.5, 0.6) is 5.75 Å². The van der Waals surface area contributed by atoms with Crippen LogP contribution >= 0.6 is 11.6 Å². The van der Waals surface area contributed by atoms with Gasteiger partial charge in [-0.05, 0) is 81.5 Å². The second-order valence-corrected chi connectivity index (χ2v) is 10.0. The second-order valence-electron chi connectivity index (χ2n) is 9.57. The SMILES string of the molecule is CCOC(=O)C(C)(C)Cc1[nH]c2cc(O)ccc2c1C(C(=O)c1ccc(Cl)cc1)C1CCC1. The summed E-state index contributed by atoms with van der Waals surface area (Å²) in [6.07, 6.45) is 3.46. The van der Waals surface area contributed by atoms with E-state index >= 15 is 0 Å². The lowest BCUT2D eigenvalue weighted by Gasteiger charge is -2.34. The highest BCUT2D eigenvalue weighted by molar-refractivity contribution is 6.30. The highest BCUT2D eigenvalue weighted by atomic mass is 35.5. The van der Waals surface area contributed by atoms with Gasteiger partial charge in [-0.15, -0.1) is 0 Å². The molecule has 2 N–H and O–H groups in total. The van der Waals surface area contributed by atoms with Gasteiger partial charge in [-0.3, -0.25) is 9.59 Å². The second kappa shape index (κ2) is 9.22. The first-order valence-electron chi connectivity index (χ1n) is 11.5. The predicted molar refractivity (Wildman–Crippen MR) is 130 cm³/mol. The number of hydrogen-bond donors (Lipinski definition) is 2. The summed E-state index contributed by atoms with van der Waals surface area (Å²) in [7, 11) is 0. The Hall–Kier alpha value is -2.79. The number of carbonyl (C=O) groups excluding carboxylic acids is 2. The number of H-pyrrole nitrogens is 1. The van der Waals surface area contributed by atoms with E-state index in [9.17, 15) is 14.7 Å². The molecular weight excluding hydrogens is 438 g/mol. The number of nitrogens with one attached hydrogen (secondary N) is 1. The third-order valence-corrected chi connectivity index (χ3v) is 6.95. The maximum atomic E-state index is 13.9. The number of aromatic hydroxyl groups is 1. The van der Waals surface area contributed by atoms with Crippen molar-refractivity contribution in [2.24, 2.45) is 11.3 Å². The van der Waals surface area contributed by atoms with Crippen molar-refractivity contribution < 1.29 is 19.4 Å². The molecular formula is C27H30ClNO4. The lowest BCUT2D eigenvalue weighted by Crippen LogP contribution is -2.31. The number of ketones is 1. The molecule has 4 rings (SSSR count). The van der Waals surface area contributed by atoms with E-state index in [1.165, 1.54) is 0 Å². The molecule has 0 spiro atoms. The molecule has 0 bridgehead atoms. The zero-order chi connectivity index (χ0) is 23.8. The minimum Gasteiger partial charge on any atom is -0.508 e. The van der Waals surface area contributed by atoms with Crippen LogP contribution in [0.25, 0.3) is 10.9 Å². The number of phenols is 1. The summed E-state index contributed by atoms with van der Waals surface area (Å²) in [6.45, 7) is 5.83. The Kier molecular flexibility index (Phi) is 6.53. The average molecular weight is 468 g/mol. The van der Waals surface area contributed by atoms with Crippen molar-refractivity contribution in [2.75, 3.05) is 6.61 Å². The largest absolute Gasteiger partial charge is 0.508 e. The molecule has 1 unspecified atom stereocenters. The predicted octanol–water partition coefficient (Wildman–Crippen LogP) is 6.43. The van der Waals surface area contributed by atoms with E-state index in [-0.39, 0.29) is 29.3 Å². The Balaban J connectivity index is 1.85. The first-order valence-corrected chi connectivity index (χ1v) is 11.9. The van der Waals surface area contributed by atoms with Crippen LogP contribution in [-0.4, -0.2) is 28.4 Å². The fourth-order valence-electron chi connectivity index (χ4n) is 4.75. The van der Waals surface area contributed by atoms with Crippen LogP contribution in [0.2, 0.25) is 5.02 Å². The number of ether oxygens (including phenoxy) is 1. The fourth-order valence-corrected chi connectivity index (χ4v) is 4.87. The van der Waals surface area contributed by atoms with E-state index in [0.717, 1.165) is 41.4 Å². The van der Waals surface area contributed by atoms with Crippen molar-refractivity contribution in [1.82, 2.24) is 4.98 Å². The van der Waals surface area contributed by atoms with Crippen molar-refractivity contribution in [3.8, 4) is 5.75 Å². The summed E-state index contributed by atoms with van der Waals surface area (Å²) in [5.41, 5.74) is 2.37. The van der Waals surface area contributed by atoms with Gasteiger partial charge in [-0.1, -0.05) is 18.0 Å². The van der Waals surface area contributed by atoms with Gasteiger partial charge in [-0.2, -0.15) is 0 Å². The quantitative estimate of drug-likeness (QED) is 0.295. The number of hydrogen-bond acceptors (Lipinski definition) is 4. The molecule has 0 aliphatic heterocycles. The van der Waals surface area contributed by atoms with Gasteiger partial charge in [0.15, 0.2) is 5.78 Å². The molecule has 1 aliphatic rings. The highest BCUT2D eigenvalue weighted by Crippen LogP contribution is 2.46. The zero-order valence-corrected chi connectivity index (χ0v) is 20.0. The number of carbonyl (C=O) groups is 2. The van der Waals surface area contributed by atoms with E-state index in [2.05, 4.69) is 4.98 Å². The van der Waals surface area contributed by atoms with E-state index in [1.807, 2.05) is 19.9 Å². The number of benzene rings is 2. The number of fused-ring (bicyclic) bond motifs is 1. The van der Waals surface area contributed by atoms with Crippen LogP contribution in [0.3, 0.4) is 0 Å². The highest BCUT2D eigenvalue weighted by Gasteiger charge is 2.39. The third kappa shape index (κ3) is 4.65. The van der Waals surface area contributed by atoms with Crippen molar-refractivity contribution in [3.63, 3.8) is 0 Å². The minimum atomic E-state index is -0.777. The molecule has 0 radical (unpaired) electrons. The number of Topliss-reactive ketones (excluding diaryl/α,β-unsaturated/α-hetero) is 1. The topological polar surface area (TPSA) is 79.4 Å². The lowest BCUT2D eigenvalue weighted by molar-refractivity contribution is -0.153. The van der Waals surface area contributed by atoms with Gasteiger partial charge in [0.05, 0.1) is 17.9 Å². The number of halogens is 1. The number of aromatic amines is 1. The molecule has 2 aromatic carbocycles. The minimum absolute atomic E-state index is 0.0560. The molecule has 3 aromatic rings. The van der Waals surface area contributed by atoms with Gasteiger partial charge >= 0.3 is 5.97 Å². The molecule has 1 heterocycles. The van der Waals surface area contributed by atoms with E-state index in [0.29, 0.717) is 23.6 Å². The maximum Gasteiger partial charge on any atom is 0.311 e. The summed E-state index contributed by atoms with van der Waals surface area (Å²) < 4.78 is 5.31. The summed E-state index contributed by atoms with van der Waals surface area (Å²) in [5.74, 6) is -0.186. The lowest BCUT2D eigenvalue weighted by atomic mass is 9.69. The monoisotopic (exact) mass is 467 g/mol. The molecule has 1 fully saturated rings. The number of rotatable bonds is 8. The molecule has 1 atom stereocenters. The van der Waals surface area contributed by atoms with Gasteiger partial charge in [0.25, 0.3) is 0 Å². The number of phenolic OH excluding ortho intramolecular Hbond substituents is 1. The Morgan fingerprint density at radius 2 is 1.88 bits per heavy atom. The molecule has 1 saturated carbocycles. The Morgan fingerprint density at radius 1 is 1.18 bits per heavy atom.